The summed E-state index contributed by atoms with van der Waals surface area (Å²) in [7, 11) is 1.70. The van der Waals surface area contributed by atoms with Crippen LogP contribution in [0, 0.1) is 0 Å². The minimum atomic E-state index is -0.316. The molecule has 2 unspecified atom stereocenters. The van der Waals surface area contributed by atoms with E-state index in [2.05, 4.69) is 5.32 Å². The van der Waals surface area contributed by atoms with Crippen LogP contribution in [0.3, 0.4) is 0 Å². The fourth-order valence-corrected chi connectivity index (χ4v) is 2.28. The van der Waals surface area contributed by atoms with Crippen LogP contribution in [0.4, 0.5) is 0 Å². The Balaban J connectivity index is 2.28. The molecule has 110 valence electrons. The highest BCUT2D eigenvalue weighted by Crippen LogP contribution is 2.17. The summed E-state index contributed by atoms with van der Waals surface area (Å²) >= 11 is 0. The van der Waals surface area contributed by atoms with Crippen molar-refractivity contribution in [3.8, 4) is 0 Å². The SMILES string of the molecule is CCC(C)N1C(=O)CC(NCCCCCOC)C1=O. The van der Waals surface area contributed by atoms with Crippen molar-refractivity contribution in [1.82, 2.24) is 10.2 Å². The average molecular weight is 270 g/mol. The molecule has 2 amide bonds. The summed E-state index contributed by atoms with van der Waals surface area (Å²) in [5, 5.41) is 3.19. The van der Waals surface area contributed by atoms with Crippen LogP contribution < -0.4 is 5.32 Å². The molecule has 0 aliphatic carbocycles. The zero-order chi connectivity index (χ0) is 14.3. The normalized spacial score (nSPS) is 21.2. The average Bonchev–Trinajstić information content (AvgIpc) is 2.68. The van der Waals surface area contributed by atoms with Crippen LogP contribution in [0.25, 0.3) is 0 Å². The number of methoxy groups -OCH3 is 1. The molecule has 1 saturated heterocycles. The summed E-state index contributed by atoms with van der Waals surface area (Å²) in [4.78, 5) is 25.3. The standard InChI is InChI=1S/C14H26N2O3/c1-4-11(2)16-13(17)10-12(14(16)18)15-8-6-5-7-9-19-3/h11-12,15H,4-10H2,1-3H3. The van der Waals surface area contributed by atoms with Crippen molar-refractivity contribution in [2.24, 2.45) is 0 Å². The highest BCUT2D eigenvalue weighted by molar-refractivity contribution is 6.05. The summed E-state index contributed by atoms with van der Waals surface area (Å²) in [5.41, 5.74) is 0. The van der Waals surface area contributed by atoms with Crippen molar-refractivity contribution in [2.75, 3.05) is 20.3 Å². The second-order valence-corrected chi connectivity index (χ2v) is 5.12. The first kappa shape index (κ1) is 16.1. The maximum absolute atomic E-state index is 12.1. The van der Waals surface area contributed by atoms with Gasteiger partial charge < -0.3 is 10.1 Å². The van der Waals surface area contributed by atoms with Gasteiger partial charge in [-0.05, 0) is 39.2 Å². The van der Waals surface area contributed by atoms with Crippen LogP contribution in [-0.4, -0.2) is 49.1 Å². The van der Waals surface area contributed by atoms with Gasteiger partial charge in [0, 0.05) is 19.8 Å². The number of amides is 2. The number of hydrogen-bond acceptors (Lipinski definition) is 4. The van der Waals surface area contributed by atoms with Gasteiger partial charge in [0.1, 0.15) is 0 Å². The Labute approximate surface area is 115 Å². The fourth-order valence-electron chi connectivity index (χ4n) is 2.28. The molecule has 1 heterocycles. The van der Waals surface area contributed by atoms with Crippen molar-refractivity contribution >= 4 is 11.8 Å². The van der Waals surface area contributed by atoms with Crippen LogP contribution in [0.2, 0.25) is 0 Å². The van der Waals surface area contributed by atoms with Gasteiger partial charge in [0.25, 0.3) is 0 Å². The summed E-state index contributed by atoms with van der Waals surface area (Å²) in [6, 6.07) is -0.308. The Morgan fingerprint density at radius 3 is 2.74 bits per heavy atom. The topological polar surface area (TPSA) is 58.6 Å². The Morgan fingerprint density at radius 2 is 2.11 bits per heavy atom. The highest BCUT2D eigenvalue weighted by atomic mass is 16.5. The molecule has 1 fully saturated rings. The summed E-state index contributed by atoms with van der Waals surface area (Å²) in [6.45, 7) is 5.47. The molecule has 0 aromatic rings. The van der Waals surface area contributed by atoms with E-state index >= 15 is 0 Å². The molecule has 0 bridgehead atoms. The van der Waals surface area contributed by atoms with Gasteiger partial charge in [-0.3, -0.25) is 14.5 Å². The van der Waals surface area contributed by atoms with E-state index in [0.29, 0.717) is 6.42 Å². The van der Waals surface area contributed by atoms with Crippen LogP contribution in [0.5, 0.6) is 0 Å². The molecule has 5 heteroatoms. The molecular weight excluding hydrogens is 244 g/mol. The molecule has 5 nitrogen and oxygen atoms in total. The Kier molecular flexibility index (Phi) is 7.02. The van der Waals surface area contributed by atoms with Crippen LogP contribution in [0.1, 0.15) is 46.0 Å². The van der Waals surface area contributed by atoms with E-state index in [1.807, 2.05) is 13.8 Å². The van der Waals surface area contributed by atoms with E-state index in [1.54, 1.807) is 7.11 Å². The molecule has 0 spiro atoms. The third kappa shape index (κ3) is 4.58. The molecule has 0 radical (unpaired) electrons. The van der Waals surface area contributed by atoms with Crippen molar-refractivity contribution in [3.05, 3.63) is 0 Å². The van der Waals surface area contributed by atoms with Gasteiger partial charge in [0.05, 0.1) is 12.5 Å². The van der Waals surface area contributed by atoms with Crippen LogP contribution in [-0.2, 0) is 14.3 Å². The zero-order valence-corrected chi connectivity index (χ0v) is 12.3. The van der Waals surface area contributed by atoms with Gasteiger partial charge in [0.15, 0.2) is 0 Å². The second-order valence-electron chi connectivity index (χ2n) is 5.12. The summed E-state index contributed by atoms with van der Waals surface area (Å²) in [6.07, 6.45) is 4.23. The number of rotatable bonds is 9. The molecule has 0 aromatic heterocycles. The predicted octanol–water partition coefficient (Wildman–Crippen LogP) is 1.32. The number of hydrogen-bond donors (Lipinski definition) is 1. The number of carbonyl (C=O) groups is 2. The number of unbranched alkanes of at least 4 members (excludes halogenated alkanes) is 2. The Hall–Kier alpha value is -0.940. The fraction of sp³-hybridized carbons (Fsp3) is 0.857. The number of nitrogens with one attached hydrogen (secondary N) is 1. The lowest BCUT2D eigenvalue weighted by molar-refractivity contribution is -0.141. The van der Waals surface area contributed by atoms with Crippen molar-refractivity contribution in [2.45, 2.75) is 58.0 Å². The van der Waals surface area contributed by atoms with E-state index in [9.17, 15) is 9.59 Å². The predicted molar refractivity (Wildman–Crippen MR) is 73.7 cm³/mol. The molecule has 1 N–H and O–H groups in total. The number of likely N-dealkylation sites (tertiary alicyclic amines) is 1. The molecule has 1 aliphatic rings. The maximum atomic E-state index is 12.1. The molecule has 1 rings (SSSR count). The number of carbonyl (C=O) groups excluding carboxylic acids is 2. The number of ether oxygens (including phenoxy) is 1. The van der Waals surface area contributed by atoms with Gasteiger partial charge in [-0.25, -0.2) is 0 Å². The van der Waals surface area contributed by atoms with E-state index in [4.69, 9.17) is 4.74 Å². The maximum Gasteiger partial charge on any atom is 0.247 e. The molecule has 19 heavy (non-hydrogen) atoms. The van der Waals surface area contributed by atoms with E-state index < -0.39 is 0 Å². The van der Waals surface area contributed by atoms with Gasteiger partial charge in [0.2, 0.25) is 11.8 Å². The minimum absolute atomic E-state index is 0.00787. The van der Waals surface area contributed by atoms with Crippen molar-refractivity contribution < 1.29 is 14.3 Å². The molecule has 1 aliphatic heterocycles. The minimum Gasteiger partial charge on any atom is -0.385 e. The van der Waals surface area contributed by atoms with Crippen molar-refractivity contribution in [3.63, 3.8) is 0 Å². The molecule has 2 atom stereocenters. The number of imide groups is 1. The largest absolute Gasteiger partial charge is 0.385 e. The number of nitrogens with zero attached hydrogens (tertiary/aromatic N) is 1. The first-order chi connectivity index (χ1) is 9.11. The smallest absolute Gasteiger partial charge is 0.247 e. The molecule has 0 aromatic carbocycles. The first-order valence-electron chi connectivity index (χ1n) is 7.20. The Morgan fingerprint density at radius 1 is 1.37 bits per heavy atom. The zero-order valence-electron chi connectivity index (χ0n) is 12.3. The monoisotopic (exact) mass is 270 g/mol. The first-order valence-corrected chi connectivity index (χ1v) is 7.20. The van der Waals surface area contributed by atoms with Crippen LogP contribution in [0.15, 0.2) is 0 Å². The summed E-state index contributed by atoms with van der Waals surface area (Å²) < 4.78 is 4.98. The second kappa shape index (κ2) is 8.27. The lowest BCUT2D eigenvalue weighted by Gasteiger charge is -2.21. The molecule has 0 saturated carbocycles. The quantitative estimate of drug-likeness (QED) is 0.507. The third-order valence-corrected chi connectivity index (χ3v) is 3.63. The van der Waals surface area contributed by atoms with Gasteiger partial charge >= 0.3 is 0 Å². The Bertz CT molecular complexity index is 307. The van der Waals surface area contributed by atoms with Crippen LogP contribution >= 0.6 is 0 Å². The van der Waals surface area contributed by atoms with E-state index in [-0.39, 0.29) is 23.9 Å². The summed E-state index contributed by atoms with van der Waals surface area (Å²) in [5.74, 6) is -0.104. The third-order valence-electron chi connectivity index (χ3n) is 3.63. The van der Waals surface area contributed by atoms with E-state index in [0.717, 1.165) is 38.8 Å². The lowest BCUT2D eigenvalue weighted by atomic mass is 10.2. The van der Waals surface area contributed by atoms with Gasteiger partial charge in [-0.2, -0.15) is 0 Å². The van der Waals surface area contributed by atoms with Gasteiger partial charge in [-0.1, -0.05) is 6.92 Å². The lowest BCUT2D eigenvalue weighted by Crippen LogP contribution is -2.42. The van der Waals surface area contributed by atoms with Crippen molar-refractivity contribution in [1.29, 1.82) is 0 Å². The van der Waals surface area contributed by atoms with Gasteiger partial charge in [-0.15, -0.1) is 0 Å². The molecular formula is C14H26N2O3. The highest BCUT2D eigenvalue weighted by Gasteiger charge is 2.39. The van der Waals surface area contributed by atoms with E-state index in [1.165, 1.54) is 4.90 Å².